The molecule has 0 bridgehead atoms. The summed E-state index contributed by atoms with van der Waals surface area (Å²) in [6.45, 7) is 0. The summed E-state index contributed by atoms with van der Waals surface area (Å²) < 4.78 is 0.00907. The predicted octanol–water partition coefficient (Wildman–Crippen LogP) is 1.60. The van der Waals surface area contributed by atoms with Crippen molar-refractivity contribution in [1.29, 1.82) is 0 Å². The van der Waals surface area contributed by atoms with Crippen molar-refractivity contribution in [3.63, 3.8) is 0 Å². The molecule has 0 spiro atoms. The van der Waals surface area contributed by atoms with Crippen molar-refractivity contribution < 1.29 is 28.0 Å². The number of halogens is 3. The number of hydrogen-bond acceptors (Lipinski definition) is 2. The number of carbonyl (C=O) groups excluding carboxylic acids is 2. The van der Waals surface area contributed by atoms with Gasteiger partial charge in [0.2, 0.25) is 0 Å². The fourth-order valence-electron chi connectivity index (χ4n) is 1.73. The normalized spacial score (nSPS) is 11.9. The topological polar surface area (TPSA) is 34.1 Å². The second-order valence-corrected chi connectivity index (χ2v) is 13.3. The van der Waals surface area contributed by atoms with Crippen LogP contribution in [0.1, 0.15) is 0 Å². The Kier molecular flexibility index (Phi) is 4.60. The van der Waals surface area contributed by atoms with Crippen LogP contribution in [0.15, 0.2) is 60.7 Å². The van der Waals surface area contributed by atoms with Crippen LogP contribution >= 0.6 is 23.2 Å². The Bertz CT molecular complexity index is 544. The van der Waals surface area contributed by atoms with E-state index in [1.807, 2.05) is 12.1 Å². The average molecular weight is 408 g/mol. The number of carbonyl (C=O) groups is 2. The van der Waals surface area contributed by atoms with Crippen molar-refractivity contribution in [3.8, 4) is 0 Å². The van der Waals surface area contributed by atoms with Crippen LogP contribution in [0.2, 0.25) is 0 Å². The third-order valence-electron chi connectivity index (χ3n) is 2.57. The summed E-state index contributed by atoms with van der Waals surface area (Å²) in [6.07, 6.45) is 0. The Morgan fingerprint density at radius 1 is 0.684 bits per heavy atom. The summed E-state index contributed by atoms with van der Waals surface area (Å²) in [5.41, 5.74) is 0. The fourth-order valence-corrected chi connectivity index (χ4v) is 11.1. The first kappa shape index (κ1) is 14.5. The summed E-state index contributed by atoms with van der Waals surface area (Å²) >= 11 is 7.62. The molecule has 5 heteroatoms. The van der Waals surface area contributed by atoms with Gasteiger partial charge in [0.05, 0.1) is 0 Å². The minimum atomic E-state index is -3.98. The van der Waals surface area contributed by atoms with E-state index in [4.69, 9.17) is 23.2 Å². The van der Waals surface area contributed by atoms with Crippen LogP contribution in [0, 0.1) is 7.14 Å². The van der Waals surface area contributed by atoms with Crippen LogP contribution < -0.4 is 18.4 Å². The maximum atomic E-state index is 12.0. The quantitative estimate of drug-likeness (QED) is 0.570. The third kappa shape index (κ3) is 2.55. The molecule has 0 aliphatic rings. The van der Waals surface area contributed by atoms with Crippen molar-refractivity contribution >= 4 is 29.7 Å². The van der Waals surface area contributed by atoms with Crippen molar-refractivity contribution in [3.05, 3.63) is 67.8 Å². The zero-order valence-electron chi connectivity index (χ0n) is 9.72. The van der Waals surface area contributed by atoms with Crippen LogP contribution in [0.4, 0.5) is 9.59 Å². The first-order valence-corrected chi connectivity index (χ1v) is 10.4. The van der Waals surface area contributed by atoms with Crippen LogP contribution in [0.3, 0.4) is 0 Å². The van der Waals surface area contributed by atoms with E-state index in [1.165, 1.54) is 0 Å². The SMILES string of the molecule is O=C(Cl)[I+](C(=O)Cl)(c1ccccc1)c1ccccc1. The molecule has 0 unspecified atom stereocenters. The number of rotatable bonds is 4. The molecule has 2 rings (SSSR count). The van der Waals surface area contributed by atoms with E-state index < -0.39 is 24.9 Å². The molecule has 0 saturated carbocycles. The molecule has 0 aliphatic carbocycles. The van der Waals surface area contributed by atoms with Gasteiger partial charge < -0.3 is 0 Å². The molecule has 0 heterocycles. The van der Waals surface area contributed by atoms with E-state index in [0.29, 0.717) is 7.14 Å². The fraction of sp³-hybridized carbons (Fsp3) is 0. The minimum absolute atomic E-state index is 0.635. The summed E-state index contributed by atoms with van der Waals surface area (Å²) in [5.74, 6) is 0. The van der Waals surface area contributed by atoms with E-state index in [-0.39, 0.29) is 0 Å². The van der Waals surface area contributed by atoms with Gasteiger partial charge in [0.15, 0.2) is 0 Å². The van der Waals surface area contributed by atoms with Crippen LogP contribution in [0.5, 0.6) is 0 Å². The predicted molar refractivity (Wildman–Crippen MR) is 72.8 cm³/mol. The van der Waals surface area contributed by atoms with Gasteiger partial charge in [-0.15, -0.1) is 0 Å². The van der Waals surface area contributed by atoms with Crippen LogP contribution in [0.25, 0.3) is 0 Å². The monoisotopic (exact) mass is 407 g/mol. The van der Waals surface area contributed by atoms with Crippen molar-refractivity contribution in [2.45, 2.75) is 0 Å². The van der Waals surface area contributed by atoms with Gasteiger partial charge >= 0.3 is 126 Å². The van der Waals surface area contributed by atoms with Gasteiger partial charge in [-0.05, 0) is 0 Å². The van der Waals surface area contributed by atoms with E-state index in [1.54, 1.807) is 48.5 Å². The van der Waals surface area contributed by atoms with Gasteiger partial charge in [0, 0.05) is 0 Å². The molecular formula is C14H10Cl2IO2+. The Labute approximate surface area is 125 Å². The van der Waals surface area contributed by atoms with Crippen molar-refractivity contribution in [1.82, 2.24) is 0 Å². The van der Waals surface area contributed by atoms with E-state index in [0.717, 1.165) is 0 Å². The van der Waals surface area contributed by atoms with Gasteiger partial charge in [0.25, 0.3) is 0 Å². The Balaban J connectivity index is 2.77. The molecule has 0 aromatic heterocycles. The van der Waals surface area contributed by atoms with Gasteiger partial charge in [-0.1, -0.05) is 0 Å². The molecule has 0 atom stereocenters. The van der Waals surface area contributed by atoms with Gasteiger partial charge in [-0.25, -0.2) is 0 Å². The Morgan fingerprint density at radius 2 is 1.00 bits per heavy atom. The zero-order chi connectivity index (χ0) is 13.9. The maximum absolute atomic E-state index is 12.0. The third-order valence-corrected chi connectivity index (χ3v) is 13.2. The van der Waals surface area contributed by atoms with E-state index >= 15 is 0 Å². The van der Waals surface area contributed by atoms with Crippen molar-refractivity contribution in [2.75, 3.05) is 0 Å². The molecule has 2 aromatic rings. The molecule has 0 amide bonds. The second kappa shape index (κ2) is 6.03. The van der Waals surface area contributed by atoms with Gasteiger partial charge in [0.1, 0.15) is 0 Å². The first-order chi connectivity index (χ1) is 9.10. The molecule has 0 aliphatic heterocycles. The molecule has 98 valence electrons. The summed E-state index contributed by atoms with van der Waals surface area (Å²) in [6, 6.07) is 17.7. The second-order valence-electron chi connectivity index (χ2n) is 3.61. The van der Waals surface area contributed by atoms with Gasteiger partial charge in [-0.2, -0.15) is 0 Å². The summed E-state index contributed by atoms with van der Waals surface area (Å²) in [4.78, 5) is 24.1. The van der Waals surface area contributed by atoms with Gasteiger partial charge in [-0.3, -0.25) is 0 Å². The Hall–Kier alpha value is -0.910. The number of benzene rings is 2. The summed E-state index contributed by atoms with van der Waals surface area (Å²) in [7, 11) is 0. The summed E-state index contributed by atoms with van der Waals surface area (Å²) in [5, 5.41) is 0. The molecular weight excluding hydrogens is 398 g/mol. The molecule has 0 N–H and O–H groups in total. The molecule has 2 nitrogen and oxygen atoms in total. The van der Waals surface area contributed by atoms with E-state index in [2.05, 4.69) is 0 Å². The molecule has 0 fully saturated rings. The molecule has 0 radical (unpaired) electrons. The molecule has 19 heavy (non-hydrogen) atoms. The number of hydrogen-bond donors (Lipinski definition) is 0. The Morgan fingerprint density at radius 3 is 1.26 bits per heavy atom. The first-order valence-electron chi connectivity index (χ1n) is 5.36. The zero-order valence-corrected chi connectivity index (χ0v) is 13.4. The average Bonchev–Trinajstić information content (AvgIpc) is 2.41. The molecule has 0 saturated heterocycles. The van der Waals surface area contributed by atoms with Crippen LogP contribution in [-0.2, 0) is 0 Å². The standard InChI is InChI=1S/C14H10Cl2IO2/c15-13(18)17(14(16)19,11-7-3-1-4-8-11)12-9-5-2-6-10-12/h1-10H/q+1. The molecule has 2 aromatic carbocycles. The van der Waals surface area contributed by atoms with E-state index in [9.17, 15) is 9.59 Å². The van der Waals surface area contributed by atoms with Crippen LogP contribution in [-0.4, -0.2) is 6.50 Å². The van der Waals surface area contributed by atoms with Crippen molar-refractivity contribution in [2.24, 2.45) is 0 Å².